The smallest absolute Gasteiger partial charge is 0.0447 e. The van der Waals surface area contributed by atoms with Crippen molar-refractivity contribution in [3.05, 3.63) is 29.6 Å². The Labute approximate surface area is 102 Å². The van der Waals surface area contributed by atoms with Gasteiger partial charge in [0.25, 0.3) is 0 Å². The highest BCUT2D eigenvalue weighted by atomic mass is 35.5. The minimum Gasteiger partial charge on any atom is -0.261 e. The van der Waals surface area contributed by atoms with Gasteiger partial charge in [-0.2, -0.15) is 0 Å². The van der Waals surface area contributed by atoms with Crippen LogP contribution in [-0.2, 0) is 6.42 Å². The molecule has 0 aromatic carbocycles. The van der Waals surface area contributed by atoms with Crippen LogP contribution >= 0.6 is 11.6 Å². The SMILES string of the molecule is Cc1cccnc1CC(Cl)C1C2CCCC21. The van der Waals surface area contributed by atoms with E-state index in [4.69, 9.17) is 11.6 Å². The second-order valence-corrected chi connectivity index (χ2v) is 5.88. The van der Waals surface area contributed by atoms with Crippen molar-refractivity contribution < 1.29 is 0 Å². The molecule has 1 aromatic heterocycles. The summed E-state index contributed by atoms with van der Waals surface area (Å²) in [6.07, 6.45) is 7.09. The quantitative estimate of drug-likeness (QED) is 0.730. The highest BCUT2D eigenvalue weighted by molar-refractivity contribution is 6.21. The van der Waals surface area contributed by atoms with Crippen LogP contribution in [0.3, 0.4) is 0 Å². The molecule has 2 aliphatic rings. The van der Waals surface area contributed by atoms with E-state index in [-0.39, 0.29) is 0 Å². The first-order chi connectivity index (χ1) is 7.77. The first kappa shape index (κ1) is 10.6. The lowest BCUT2D eigenvalue weighted by Gasteiger charge is -2.12. The van der Waals surface area contributed by atoms with E-state index in [1.807, 2.05) is 12.3 Å². The summed E-state index contributed by atoms with van der Waals surface area (Å²) in [7, 11) is 0. The fraction of sp³-hybridized carbons (Fsp3) is 0.643. The summed E-state index contributed by atoms with van der Waals surface area (Å²) in [4.78, 5) is 4.44. The van der Waals surface area contributed by atoms with Gasteiger partial charge < -0.3 is 0 Å². The highest BCUT2D eigenvalue weighted by Crippen LogP contribution is 2.60. The first-order valence-corrected chi connectivity index (χ1v) is 6.75. The fourth-order valence-corrected chi connectivity index (χ4v) is 3.99. The maximum Gasteiger partial charge on any atom is 0.0447 e. The standard InChI is InChI=1S/C14H18ClN/c1-9-4-3-7-16-13(9)8-12(15)14-10-5-2-6-11(10)14/h3-4,7,10-12,14H,2,5-6,8H2,1H3. The molecule has 2 fully saturated rings. The Morgan fingerprint density at radius 1 is 1.44 bits per heavy atom. The summed E-state index contributed by atoms with van der Waals surface area (Å²) < 4.78 is 0. The van der Waals surface area contributed by atoms with Crippen molar-refractivity contribution in [2.45, 2.75) is 38.0 Å². The summed E-state index contributed by atoms with van der Waals surface area (Å²) in [5.41, 5.74) is 2.46. The summed E-state index contributed by atoms with van der Waals surface area (Å²) in [5.74, 6) is 2.69. The van der Waals surface area contributed by atoms with Gasteiger partial charge in [0.15, 0.2) is 0 Å². The first-order valence-electron chi connectivity index (χ1n) is 6.32. The number of nitrogens with zero attached hydrogens (tertiary/aromatic N) is 1. The number of pyridine rings is 1. The third-order valence-electron chi connectivity index (χ3n) is 4.40. The van der Waals surface area contributed by atoms with Crippen LogP contribution in [0, 0.1) is 24.7 Å². The van der Waals surface area contributed by atoms with Crippen molar-refractivity contribution in [3.63, 3.8) is 0 Å². The molecule has 16 heavy (non-hydrogen) atoms. The molecule has 1 nitrogen and oxygen atoms in total. The molecule has 0 saturated heterocycles. The topological polar surface area (TPSA) is 12.9 Å². The minimum atomic E-state index is 0.309. The highest BCUT2D eigenvalue weighted by Gasteiger charge is 2.55. The molecule has 2 aliphatic carbocycles. The van der Waals surface area contributed by atoms with Gasteiger partial charge in [-0.1, -0.05) is 12.5 Å². The Morgan fingerprint density at radius 3 is 2.88 bits per heavy atom. The van der Waals surface area contributed by atoms with Crippen molar-refractivity contribution in [1.82, 2.24) is 4.98 Å². The van der Waals surface area contributed by atoms with Crippen molar-refractivity contribution >= 4 is 11.6 Å². The van der Waals surface area contributed by atoms with E-state index in [2.05, 4.69) is 18.0 Å². The zero-order valence-electron chi connectivity index (χ0n) is 9.70. The largest absolute Gasteiger partial charge is 0.261 e. The summed E-state index contributed by atoms with van der Waals surface area (Å²) in [5, 5.41) is 0.309. The zero-order valence-corrected chi connectivity index (χ0v) is 10.5. The third-order valence-corrected chi connectivity index (χ3v) is 4.84. The lowest BCUT2D eigenvalue weighted by Crippen LogP contribution is -2.11. The molecule has 0 N–H and O–H groups in total. The van der Waals surface area contributed by atoms with Crippen molar-refractivity contribution in [1.29, 1.82) is 0 Å². The van der Waals surface area contributed by atoms with Gasteiger partial charge in [-0.15, -0.1) is 11.6 Å². The summed E-state index contributed by atoms with van der Waals surface area (Å²) in [6, 6.07) is 4.12. The van der Waals surface area contributed by atoms with Crippen LogP contribution in [0.5, 0.6) is 0 Å². The zero-order chi connectivity index (χ0) is 11.1. The van der Waals surface area contributed by atoms with Crippen LogP contribution in [0.2, 0.25) is 0 Å². The number of fused-ring (bicyclic) bond motifs is 1. The van der Waals surface area contributed by atoms with E-state index < -0.39 is 0 Å². The Hall–Kier alpha value is -0.560. The van der Waals surface area contributed by atoms with Gasteiger partial charge in [0, 0.05) is 23.7 Å². The Morgan fingerprint density at radius 2 is 2.19 bits per heavy atom. The summed E-state index contributed by atoms with van der Waals surface area (Å²) in [6.45, 7) is 2.12. The van der Waals surface area contributed by atoms with E-state index in [1.165, 1.54) is 30.5 Å². The summed E-state index contributed by atoms with van der Waals surface area (Å²) >= 11 is 6.55. The number of rotatable bonds is 3. The number of hydrogen-bond donors (Lipinski definition) is 0. The molecule has 3 unspecified atom stereocenters. The predicted molar refractivity (Wildman–Crippen MR) is 66.6 cm³/mol. The van der Waals surface area contributed by atoms with Crippen LogP contribution in [-0.4, -0.2) is 10.4 Å². The number of hydrogen-bond acceptors (Lipinski definition) is 1. The Bertz CT molecular complexity index is 380. The minimum absolute atomic E-state index is 0.309. The molecule has 3 rings (SSSR count). The van der Waals surface area contributed by atoms with Crippen molar-refractivity contribution in [2.24, 2.45) is 17.8 Å². The molecule has 1 aromatic rings. The lowest BCUT2D eigenvalue weighted by atomic mass is 10.0. The molecule has 2 saturated carbocycles. The molecule has 2 heteroatoms. The van der Waals surface area contributed by atoms with E-state index >= 15 is 0 Å². The molecule has 0 aliphatic heterocycles. The molecule has 1 heterocycles. The average Bonchev–Trinajstić information content (AvgIpc) is 2.76. The number of aryl methyl sites for hydroxylation is 1. The number of aromatic nitrogens is 1. The van der Waals surface area contributed by atoms with Crippen LogP contribution in [0.25, 0.3) is 0 Å². The van der Waals surface area contributed by atoms with Gasteiger partial charge >= 0.3 is 0 Å². The third kappa shape index (κ3) is 1.75. The molecule has 0 spiro atoms. The maximum atomic E-state index is 6.55. The van der Waals surface area contributed by atoms with Crippen LogP contribution in [0.15, 0.2) is 18.3 Å². The van der Waals surface area contributed by atoms with E-state index in [1.54, 1.807) is 0 Å². The van der Waals surface area contributed by atoms with Crippen LogP contribution in [0.4, 0.5) is 0 Å². The van der Waals surface area contributed by atoms with Gasteiger partial charge in [0.2, 0.25) is 0 Å². The van der Waals surface area contributed by atoms with Gasteiger partial charge in [-0.3, -0.25) is 4.98 Å². The van der Waals surface area contributed by atoms with Gasteiger partial charge in [-0.05, 0) is 49.1 Å². The molecule has 0 radical (unpaired) electrons. The van der Waals surface area contributed by atoms with Gasteiger partial charge in [-0.25, -0.2) is 0 Å². The second-order valence-electron chi connectivity index (χ2n) is 5.32. The van der Waals surface area contributed by atoms with Crippen LogP contribution < -0.4 is 0 Å². The number of alkyl halides is 1. The Kier molecular flexibility index (Phi) is 2.67. The van der Waals surface area contributed by atoms with Crippen molar-refractivity contribution in [3.8, 4) is 0 Å². The number of halogens is 1. The van der Waals surface area contributed by atoms with Crippen LogP contribution in [0.1, 0.15) is 30.5 Å². The van der Waals surface area contributed by atoms with E-state index in [0.29, 0.717) is 5.38 Å². The molecule has 0 amide bonds. The normalized spacial score (nSPS) is 33.5. The van der Waals surface area contributed by atoms with Crippen molar-refractivity contribution in [2.75, 3.05) is 0 Å². The molecule has 3 atom stereocenters. The van der Waals surface area contributed by atoms with E-state index in [0.717, 1.165) is 24.2 Å². The predicted octanol–water partition coefficient (Wildman–Crippen LogP) is 3.59. The molecule has 86 valence electrons. The van der Waals surface area contributed by atoms with Gasteiger partial charge in [0.05, 0.1) is 0 Å². The van der Waals surface area contributed by atoms with E-state index in [9.17, 15) is 0 Å². The molecular formula is C14H18ClN. The molecular weight excluding hydrogens is 218 g/mol. The monoisotopic (exact) mass is 235 g/mol. The Balaban J connectivity index is 1.65. The van der Waals surface area contributed by atoms with Gasteiger partial charge in [0.1, 0.15) is 0 Å². The second kappa shape index (κ2) is 4.03. The lowest BCUT2D eigenvalue weighted by molar-refractivity contribution is 0.555. The maximum absolute atomic E-state index is 6.55. The average molecular weight is 236 g/mol. The fourth-order valence-electron chi connectivity index (χ4n) is 3.47. The molecule has 0 bridgehead atoms.